The summed E-state index contributed by atoms with van der Waals surface area (Å²) < 4.78 is 5.08. The minimum atomic E-state index is 0.401. The number of rotatable bonds is 1. The highest BCUT2D eigenvalue weighted by Crippen LogP contribution is 2.25. The van der Waals surface area contributed by atoms with Gasteiger partial charge in [0.15, 0.2) is 5.65 Å². The van der Waals surface area contributed by atoms with Gasteiger partial charge in [0.1, 0.15) is 0 Å². The Morgan fingerprint density at radius 1 is 1.12 bits per heavy atom. The van der Waals surface area contributed by atoms with Crippen LogP contribution in [0.3, 0.4) is 0 Å². The van der Waals surface area contributed by atoms with Crippen molar-refractivity contribution in [3.8, 4) is 6.01 Å². The summed E-state index contributed by atoms with van der Waals surface area (Å²) in [4.78, 5) is 13.3. The second-order valence-corrected chi connectivity index (χ2v) is 4.47. The first-order valence-electron chi connectivity index (χ1n) is 5.99. The van der Waals surface area contributed by atoms with E-state index in [2.05, 4.69) is 21.0 Å². The van der Waals surface area contributed by atoms with Crippen molar-refractivity contribution in [3.05, 3.63) is 23.0 Å². The summed E-state index contributed by atoms with van der Waals surface area (Å²) in [7, 11) is 1.58. The van der Waals surface area contributed by atoms with Crippen molar-refractivity contribution >= 4 is 11.0 Å². The van der Waals surface area contributed by atoms with Gasteiger partial charge >= 0.3 is 6.01 Å². The van der Waals surface area contributed by atoms with E-state index in [-0.39, 0.29) is 0 Å². The molecule has 0 atom stereocenters. The van der Waals surface area contributed by atoms with Crippen LogP contribution in [-0.2, 0) is 12.8 Å². The van der Waals surface area contributed by atoms with Crippen LogP contribution in [0, 0.1) is 6.92 Å². The average Bonchev–Trinajstić information content (AvgIpc) is 2.36. The molecule has 2 aromatic heterocycles. The smallest absolute Gasteiger partial charge is 0.318 e. The maximum Gasteiger partial charge on any atom is 0.318 e. The second kappa shape index (κ2) is 3.95. The standard InChI is InChI=1S/C13H15N3O/c1-8-10-7-9-5-3-4-6-11(9)15-12(10)16-13(14-8)17-2/h7H,3-6H2,1-2H3. The number of nitrogens with zero attached hydrogens (tertiary/aromatic N) is 3. The first-order chi connectivity index (χ1) is 8.28. The molecule has 2 heterocycles. The number of aromatic nitrogens is 3. The maximum atomic E-state index is 5.08. The second-order valence-electron chi connectivity index (χ2n) is 4.47. The van der Waals surface area contributed by atoms with Crippen LogP contribution in [0.4, 0.5) is 0 Å². The van der Waals surface area contributed by atoms with Crippen LogP contribution in [0.5, 0.6) is 6.01 Å². The zero-order valence-corrected chi connectivity index (χ0v) is 10.2. The highest BCUT2D eigenvalue weighted by molar-refractivity contribution is 5.78. The largest absolute Gasteiger partial charge is 0.467 e. The zero-order chi connectivity index (χ0) is 11.8. The fourth-order valence-electron chi connectivity index (χ4n) is 2.38. The highest BCUT2D eigenvalue weighted by Gasteiger charge is 2.14. The zero-order valence-electron chi connectivity index (χ0n) is 10.2. The molecule has 0 saturated carbocycles. The summed E-state index contributed by atoms with van der Waals surface area (Å²) in [6.07, 6.45) is 4.68. The molecule has 4 heteroatoms. The fraction of sp³-hybridized carbons (Fsp3) is 0.462. The maximum absolute atomic E-state index is 5.08. The molecule has 1 aliphatic carbocycles. The first kappa shape index (κ1) is 10.4. The monoisotopic (exact) mass is 229 g/mol. The molecule has 88 valence electrons. The van der Waals surface area contributed by atoms with E-state index < -0.39 is 0 Å². The normalized spacial score (nSPS) is 14.7. The van der Waals surface area contributed by atoms with Crippen LogP contribution in [0.2, 0.25) is 0 Å². The number of hydrogen-bond donors (Lipinski definition) is 0. The summed E-state index contributed by atoms with van der Waals surface area (Å²) in [6.45, 7) is 1.98. The van der Waals surface area contributed by atoms with Crippen LogP contribution >= 0.6 is 0 Å². The fourth-order valence-corrected chi connectivity index (χ4v) is 2.38. The quantitative estimate of drug-likeness (QED) is 0.752. The third-order valence-electron chi connectivity index (χ3n) is 3.32. The molecule has 4 nitrogen and oxygen atoms in total. The lowest BCUT2D eigenvalue weighted by Crippen LogP contribution is -2.07. The minimum Gasteiger partial charge on any atom is -0.467 e. The summed E-state index contributed by atoms with van der Waals surface area (Å²) in [5, 5.41) is 1.05. The average molecular weight is 229 g/mol. The Hall–Kier alpha value is -1.71. The molecule has 0 spiro atoms. The van der Waals surface area contributed by atoms with Crippen molar-refractivity contribution in [3.63, 3.8) is 0 Å². The van der Waals surface area contributed by atoms with Crippen molar-refractivity contribution in [1.29, 1.82) is 0 Å². The molecule has 0 aromatic carbocycles. The minimum absolute atomic E-state index is 0.401. The van der Waals surface area contributed by atoms with Crippen LogP contribution in [0.1, 0.15) is 29.8 Å². The van der Waals surface area contributed by atoms with Gasteiger partial charge < -0.3 is 4.74 Å². The van der Waals surface area contributed by atoms with Gasteiger partial charge in [-0.25, -0.2) is 4.98 Å². The van der Waals surface area contributed by atoms with E-state index in [4.69, 9.17) is 4.74 Å². The summed E-state index contributed by atoms with van der Waals surface area (Å²) in [5.41, 5.74) is 4.26. The van der Waals surface area contributed by atoms with E-state index in [0.29, 0.717) is 6.01 Å². The third-order valence-corrected chi connectivity index (χ3v) is 3.32. The Bertz CT molecular complexity index is 580. The van der Waals surface area contributed by atoms with Crippen LogP contribution in [0.25, 0.3) is 11.0 Å². The Morgan fingerprint density at radius 2 is 1.94 bits per heavy atom. The van der Waals surface area contributed by atoms with Gasteiger partial charge in [0.2, 0.25) is 0 Å². The van der Waals surface area contributed by atoms with Gasteiger partial charge in [0.05, 0.1) is 12.8 Å². The van der Waals surface area contributed by atoms with Gasteiger partial charge in [-0.05, 0) is 44.2 Å². The van der Waals surface area contributed by atoms with Crippen molar-refractivity contribution in [2.24, 2.45) is 0 Å². The number of aryl methyl sites for hydroxylation is 3. The molecule has 0 N–H and O–H groups in total. The first-order valence-corrected chi connectivity index (χ1v) is 5.99. The SMILES string of the molecule is COc1nc(C)c2cc3c(nc2n1)CCCC3. The third kappa shape index (κ3) is 1.73. The Morgan fingerprint density at radius 3 is 2.76 bits per heavy atom. The van der Waals surface area contributed by atoms with Crippen LogP contribution in [-0.4, -0.2) is 22.1 Å². The van der Waals surface area contributed by atoms with Crippen LogP contribution < -0.4 is 4.74 Å². The van der Waals surface area contributed by atoms with E-state index in [1.807, 2.05) is 6.92 Å². The molecule has 2 aromatic rings. The Kier molecular flexibility index (Phi) is 2.42. The van der Waals surface area contributed by atoms with Gasteiger partial charge in [-0.3, -0.25) is 0 Å². The number of fused-ring (bicyclic) bond motifs is 2. The van der Waals surface area contributed by atoms with E-state index in [9.17, 15) is 0 Å². The number of methoxy groups -OCH3 is 1. The van der Waals surface area contributed by atoms with Crippen molar-refractivity contribution in [2.45, 2.75) is 32.6 Å². The molecule has 0 aliphatic heterocycles. The molecule has 0 saturated heterocycles. The molecule has 0 fully saturated rings. The van der Waals surface area contributed by atoms with Gasteiger partial charge in [-0.1, -0.05) is 0 Å². The lowest BCUT2D eigenvalue weighted by atomic mass is 9.95. The van der Waals surface area contributed by atoms with Gasteiger partial charge in [0.25, 0.3) is 0 Å². The number of pyridine rings is 1. The highest BCUT2D eigenvalue weighted by atomic mass is 16.5. The molecule has 17 heavy (non-hydrogen) atoms. The predicted octanol–water partition coefficient (Wildman–Crippen LogP) is 2.22. The lowest BCUT2D eigenvalue weighted by Gasteiger charge is -2.15. The van der Waals surface area contributed by atoms with Gasteiger partial charge in [-0.2, -0.15) is 9.97 Å². The Balaban J connectivity index is 2.26. The number of ether oxygens (including phenoxy) is 1. The summed E-state index contributed by atoms with van der Waals surface area (Å²) >= 11 is 0. The molecular weight excluding hydrogens is 214 g/mol. The predicted molar refractivity (Wildman–Crippen MR) is 65.3 cm³/mol. The van der Waals surface area contributed by atoms with Crippen molar-refractivity contribution in [2.75, 3.05) is 7.11 Å². The van der Waals surface area contributed by atoms with E-state index in [1.54, 1.807) is 7.11 Å². The Labute approximate surface area is 100 Å². The molecule has 1 aliphatic rings. The van der Waals surface area contributed by atoms with E-state index >= 15 is 0 Å². The molecule has 0 amide bonds. The van der Waals surface area contributed by atoms with Crippen molar-refractivity contribution < 1.29 is 4.74 Å². The van der Waals surface area contributed by atoms with E-state index in [0.717, 1.165) is 29.6 Å². The summed E-state index contributed by atoms with van der Waals surface area (Å²) in [5.74, 6) is 0. The van der Waals surface area contributed by atoms with Gasteiger partial charge in [-0.15, -0.1) is 0 Å². The molecule has 0 bridgehead atoms. The topological polar surface area (TPSA) is 47.9 Å². The van der Waals surface area contributed by atoms with Crippen molar-refractivity contribution in [1.82, 2.24) is 15.0 Å². The molecule has 0 unspecified atom stereocenters. The summed E-state index contributed by atoms with van der Waals surface area (Å²) in [6, 6.07) is 2.60. The van der Waals surface area contributed by atoms with Crippen LogP contribution in [0.15, 0.2) is 6.07 Å². The molecular formula is C13H15N3O. The molecule has 3 rings (SSSR count). The molecule has 0 radical (unpaired) electrons. The number of hydrogen-bond acceptors (Lipinski definition) is 4. The lowest BCUT2D eigenvalue weighted by molar-refractivity contribution is 0.380. The van der Waals surface area contributed by atoms with Gasteiger partial charge in [0, 0.05) is 11.1 Å². The van der Waals surface area contributed by atoms with E-state index in [1.165, 1.54) is 24.1 Å².